The Bertz CT molecular complexity index is 458. The molecule has 0 radical (unpaired) electrons. The van der Waals surface area contributed by atoms with Gasteiger partial charge in [-0.05, 0) is 5.56 Å². The highest BCUT2D eigenvalue weighted by atomic mass is 14.6. The van der Waals surface area contributed by atoms with Gasteiger partial charge in [-0.3, -0.25) is 0 Å². The van der Waals surface area contributed by atoms with Gasteiger partial charge >= 0.3 is 0 Å². The maximum absolute atomic E-state index is 9.42. The van der Waals surface area contributed by atoms with Crippen molar-refractivity contribution in [2.24, 2.45) is 11.8 Å². The number of fused-ring (bicyclic) bond motifs is 1. The highest BCUT2D eigenvalue weighted by molar-refractivity contribution is 5.51. The number of hydrogen-bond acceptors (Lipinski definition) is 1. The molecule has 2 aliphatic rings. The molecule has 0 N–H and O–H groups in total. The lowest BCUT2D eigenvalue weighted by Crippen LogP contribution is -2.07. The SMILES string of the molecule is N#CC1(c2ccccc2)[C@@H]2C=CC=C[C@@H]21. The van der Waals surface area contributed by atoms with Gasteiger partial charge in [-0.25, -0.2) is 0 Å². The average molecular weight is 193 g/mol. The molecule has 0 aliphatic heterocycles. The molecule has 3 rings (SSSR count). The average Bonchev–Trinajstić information content (AvgIpc) is 3.00. The molecule has 0 heterocycles. The standard InChI is InChI=1S/C14H11N/c15-10-14(11-6-2-1-3-7-11)12-8-4-5-9-13(12)14/h1-9,12-13H/t12-,13+,14?. The first-order chi connectivity index (χ1) is 7.39. The molecule has 1 heteroatoms. The summed E-state index contributed by atoms with van der Waals surface area (Å²) in [5.41, 5.74) is 0.865. The van der Waals surface area contributed by atoms with Crippen LogP contribution in [0.1, 0.15) is 5.56 Å². The van der Waals surface area contributed by atoms with Gasteiger partial charge in [-0.2, -0.15) is 5.26 Å². The summed E-state index contributed by atoms with van der Waals surface area (Å²) in [6.45, 7) is 0. The van der Waals surface area contributed by atoms with Crippen LogP contribution < -0.4 is 0 Å². The zero-order chi connectivity index (χ0) is 10.3. The fraction of sp³-hybridized carbons (Fsp3) is 0.214. The van der Waals surface area contributed by atoms with E-state index in [1.807, 2.05) is 30.4 Å². The summed E-state index contributed by atoms with van der Waals surface area (Å²) in [5, 5.41) is 9.42. The Labute approximate surface area is 89.4 Å². The van der Waals surface area contributed by atoms with Gasteiger partial charge in [0.25, 0.3) is 0 Å². The number of benzene rings is 1. The van der Waals surface area contributed by atoms with Gasteiger partial charge in [0.1, 0.15) is 0 Å². The molecule has 0 aromatic heterocycles. The monoisotopic (exact) mass is 193 g/mol. The molecule has 1 saturated carbocycles. The zero-order valence-corrected chi connectivity index (χ0v) is 8.30. The Balaban J connectivity index is 2.09. The number of nitriles is 1. The Morgan fingerprint density at radius 1 is 1.00 bits per heavy atom. The molecule has 1 nitrogen and oxygen atoms in total. The van der Waals surface area contributed by atoms with Crippen molar-refractivity contribution in [1.82, 2.24) is 0 Å². The van der Waals surface area contributed by atoms with Gasteiger partial charge in [0.2, 0.25) is 0 Å². The Kier molecular flexibility index (Phi) is 1.61. The third kappa shape index (κ3) is 0.966. The number of nitrogens with zero attached hydrogens (tertiary/aromatic N) is 1. The minimum absolute atomic E-state index is 0.287. The van der Waals surface area contributed by atoms with Crippen molar-refractivity contribution in [2.75, 3.05) is 0 Å². The lowest BCUT2D eigenvalue weighted by atomic mass is 9.93. The van der Waals surface area contributed by atoms with Crippen molar-refractivity contribution in [3.8, 4) is 6.07 Å². The maximum Gasteiger partial charge on any atom is 0.0959 e. The predicted octanol–water partition coefficient (Wildman–Crippen LogP) is 2.82. The molecule has 3 atom stereocenters. The smallest absolute Gasteiger partial charge is 0.0959 e. The molecule has 72 valence electrons. The van der Waals surface area contributed by atoms with Crippen molar-refractivity contribution in [3.05, 3.63) is 60.2 Å². The van der Waals surface area contributed by atoms with Crippen molar-refractivity contribution in [2.45, 2.75) is 5.41 Å². The second-order valence-corrected chi connectivity index (χ2v) is 4.17. The second kappa shape index (κ2) is 2.84. The normalized spacial score (nSPS) is 35.7. The summed E-state index contributed by atoms with van der Waals surface area (Å²) in [4.78, 5) is 0. The molecule has 15 heavy (non-hydrogen) atoms. The highest BCUT2D eigenvalue weighted by Crippen LogP contribution is 2.62. The lowest BCUT2D eigenvalue weighted by molar-refractivity contribution is 0.824. The van der Waals surface area contributed by atoms with Gasteiger partial charge in [-0.15, -0.1) is 0 Å². The molecular formula is C14H11N. The van der Waals surface area contributed by atoms with E-state index >= 15 is 0 Å². The minimum atomic E-state index is -0.287. The molecule has 1 unspecified atom stereocenters. The van der Waals surface area contributed by atoms with Crippen LogP contribution >= 0.6 is 0 Å². The Morgan fingerprint density at radius 2 is 1.60 bits per heavy atom. The van der Waals surface area contributed by atoms with E-state index in [1.54, 1.807) is 0 Å². The third-order valence-electron chi connectivity index (χ3n) is 3.51. The number of rotatable bonds is 1. The maximum atomic E-state index is 9.42. The van der Waals surface area contributed by atoms with Crippen LogP contribution in [0.15, 0.2) is 54.6 Å². The summed E-state index contributed by atoms with van der Waals surface area (Å²) in [7, 11) is 0. The van der Waals surface area contributed by atoms with Crippen LogP contribution in [0.4, 0.5) is 0 Å². The number of allylic oxidation sites excluding steroid dienone is 4. The van der Waals surface area contributed by atoms with E-state index in [-0.39, 0.29) is 5.41 Å². The van der Waals surface area contributed by atoms with Gasteiger partial charge < -0.3 is 0 Å². The molecular weight excluding hydrogens is 182 g/mol. The van der Waals surface area contributed by atoms with E-state index in [2.05, 4.69) is 30.4 Å². The van der Waals surface area contributed by atoms with Crippen LogP contribution in [-0.4, -0.2) is 0 Å². The third-order valence-corrected chi connectivity index (χ3v) is 3.51. The van der Waals surface area contributed by atoms with Crippen molar-refractivity contribution < 1.29 is 0 Å². The van der Waals surface area contributed by atoms with E-state index in [0.29, 0.717) is 11.8 Å². The second-order valence-electron chi connectivity index (χ2n) is 4.17. The summed E-state index contributed by atoms with van der Waals surface area (Å²) in [6, 6.07) is 12.6. The summed E-state index contributed by atoms with van der Waals surface area (Å²) in [5.74, 6) is 0.768. The van der Waals surface area contributed by atoms with Crippen molar-refractivity contribution in [1.29, 1.82) is 5.26 Å². The zero-order valence-electron chi connectivity index (χ0n) is 8.30. The fourth-order valence-electron chi connectivity index (χ4n) is 2.67. The summed E-state index contributed by atoms with van der Waals surface area (Å²) < 4.78 is 0. The molecule has 1 aromatic rings. The predicted molar refractivity (Wildman–Crippen MR) is 59.0 cm³/mol. The number of hydrogen-bond donors (Lipinski definition) is 0. The molecule has 0 bridgehead atoms. The van der Waals surface area contributed by atoms with Gasteiger partial charge in [0.15, 0.2) is 0 Å². The Hall–Kier alpha value is -1.81. The molecule has 2 aliphatic carbocycles. The summed E-state index contributed by atoms with van der Waals surface area (Å²) >= 11 is 0. The first-order valence-electron chi connectivity index (χ1n) is 5.21. The first-order valence-corrected chi connectivity index (χ1v) is 5.21. The van der Waals surface area contributed by atoms with Gasteiger partial charge in [0, 0.05) is 11.8 Å². The largest absolute Gasteiger partial charge is 0.197 e. The van der Waals surface area contributed by atoms with E-state index in [1.165, 1.54) is 0 Å². The van der Waals surface area contributed by atoms with Crippen LogP contribution in [0.3, 0.4) is 0 Å². The highest BCUT2D eigenvalue weighted by Gasteiger charge is 2.64. The molecule has 0 amide bonds. The fourth-order valence-corrected chi connectivity index (χ4v) is 2.67. The van der Waals surface area contributed by atoms with Crippen LogP contribution in [-0.2, 0) is 5.41 Å². The van der Waals surface area contributed by atoms with Crippen molar-refractivity contribution >= 4 is 0 Å². The molecule has 0 spiro atoms. The van der Waals surface area contributed by atoms with Gasteiger partial charge in [0.05, 0.1) is 11.5 Å². The Morgan fingerprint density at radius 3 is 2.13 bits per heavy atom. The molecule has 0 saturated heterocycles. The molecule has 1 fully saturated rings. The molecule has 1 aromatic carbocycles. The minimum Gasteiger partial charge on any atom is -0.197 e. The van der Waals surface area contributed by atoms with Crippen LogP contribution in [0, 0.1) is 23.2 Å². The quantitative estimate of drug-likeness (QED) is 0.672. The van der Waals surface area contributed by atoms with Gasteiger partial charge in [-0.1, -0.05) is 54.6 Å². The van der Waals surface area contributed by atoms with Crippen LogP contribution in [0.5, 0.6) is 0 Å². The topological polar surface area (TPSA) is 23.8 Å². The lowest BCUT2D eigenvalue weighted by Gasteiger charge is -2.07. The van der Waals surface area contributed by atoms with E-state index in [0.717, 1.165) is 5.56 Å². The first kappa shape index (κ1) is 8.49. The van der Waals surface area contributed by atoms with Crippen LogP contribution in [0.2, 0.25) is 0 Å². The van der Waals surface area contributed by atoms with E-state index < -0.39 is 0 Å². The van der Waals surface area contributed by atoms with Crippen LogP contribution in [0.25, 0.3) is 0 Å². The summed E-state index contributed by atoms with van der Waals surface area (Å²) in [6.07, 6.45) is 8.40. The van der Waals surface area contributed by atoms with Crippen molar-refractivity contribution in [3.63, 3.8) is 0 Å². The van der Waals surface area contributed by atoms with E-state index in [4.69, 9.17) is 0 Å². The van der Waals surface area contributed by atoms with E-state index in [9.17, 15) is 5.26 Å².